The first-order chi connectivity index (χ1) is 8.83. The lowest BCUT2D eigenvalue weighted by molar-refractivity contribution is 1.05. The number of nitrogens with one attached hydrogen (secondary N) is 1. The fourth-order valence-electron chi connectivity index (χ4n) is 1.71. The number of hydrogen-bond donors (Lipinski definition) is 2. The molecule has 2 heterocycles. The molecule has 0 unspecified atom stereocenters. The highest BCUT2D eigenvalue weighted by Crippen LogP contribution is 2.21. The van der Waals surface area contributed by atoms with E-state index in [0.717, 1.165) is 22.4 Å². The third-order valence-electron chi connectivity index (χ3n) is 2.58. The Hall–Kier alpha value is -2.21. The Bertz CT molecular complexity index is 665. The highest BCUT2D eigenvalue weighted by atomic mass is 32.1. The van der Waals surface area contributed by atoms with Gasteiger partial charge in [-0.05, 0) is 18.2 Å². The Morgan fingerprint density at radius 1 is 1.22 bits per heavy atom. The van der Waals surface area contributed by atoms with Crippen molar-refractivity contribution < 1.29 is 0 Å². The van der Waals surface area contributed by atoms with E-state index >= 15 is 0 Å². The molecule has 2 aromatic heterocycles. The number of nitrogens with zero attached hydrogens (tertiary/aromatic N) is 3. The van der Waals surface area contributed by atoms with Crippen LogP contribution in [0.2, 0.25) is 0 Å². The molecule has 0 fully saturated rings. The fourth-order valence-corrected chi connectivity index (χ4v) is 2.27. The van der Waals surface area contributed by atoms with Gasteiger partial charge in [-0.25, -0.2) is 15.0 Å². The molecule has 0 aliphatic heterocycles. The summed E-state index contributed by atoms with van der Waals surface area (Å²) < 4.78 is 0. The van der Waals surface area contributed by atoms with E-state index in [-0.39, 0.29) is 0 Å². The van der Waals surface area contributed by atoms with Gasteiger partial charge in [0.15, 0.2) is 0 Å². The number of aromatic nitrogens is 3. The zero-order valence-electron chi connectivity index (χ0n) is 9.50. The smallest absolute Gasteiger partial charge is 0.137 e. The molecule has 1 aromatic carbocycles. The second-order valence-electron chi connectivity index (χ2n) is 3.83. The van der Waals surface area contributed by atoms with E-state index in [2.05, 4.69) is 20.3 Å². The van der Waals surface area contributed by atoms with Gasteiger partial charge in [0.1, 0.15) is 12.1 Å². The number of benzene rings is 1. The highest BCUT2D eigenvalue weighted by molar-refractivity contribution is 7.07. The van der Waals surface area contributed by atoms with Crippen LogP contribution < -0.4 is 11.1 Å². The molecule has 0 saturated heterocycles. The Morgan fingerprint density at radius 2 is 2.17 bits per heavy atom. The van der Waals surface area contributed by atoms with Gasteiger partial charge in [-0.2, -0.15) is 0 Å². The lowest BCUT2D eigenvalue weighted by Crippen LogP contribution is -2.03. The molecule has 3 rings (SSSR count). The average Bonchev–Trinajstić information content (AvgIpc) is 2.89. The number of fused-ring (bicyclic) bond motifs is 1. The zero-order valence-corrected chi connectivity index (χ0v) is 10.3. The molecule has 90 valence electrons. The van der Waals surface area contributed by atoms with Gasteiger partial charge in [0.2, 0.25) is 0 Å². The van der Waals surface area contributed by atoms with Crippen LogP contribution in [0.5, 0.6) is 0 Å². The summed E-state index contributed by atoms with van der Waals surface area (Å²) in [6.07, 6.45) is 1.54. The van der Waals surface area contributed by atoms with Gasteiger partial charge >= 0.3 is 0 Å². The first-order valence-corrected chi connectivity index (χ1v) is 6.38. The van der Waals surface area contributed by atoms with Crippen LogP contribution in [-0.4, -0.2) is 15.0 Å². The lowest BCUT2D eigenvalue weighted by Gasteiger charge is -2.07. The Labute approximate surface area is 108 Å². The molecule has 0 amide bonds. The van der Waals surface area contributed by atoms with Gasteiger partial charge in [0, 0.05) is 16.5 Å². The van der Waals surface area contributed by atoms with Crippen LogP contribution in [-0.2, 0) is 6.54 Å². The molecule has 3 N–H and O–H groups in total. The summed E-state index contributed by atoms with van der Waals surface area (Å²) in [5, 5.41) is 6.18. The molecule has 0 saturated carbocycles. The summed E-state index contributed by atoms with van der Waals surface area (Å²) in [5.41, 5.74) is 10.2. The minimum atomic E-state index is 0.643. The second-order valence-corrected chi connectivity index (χ2v) is 4.55. The van der Waals surface area contributed by atoms with Crippen LogP contribution in [0.3, 0.4) is 0 Å². The predicted octanol–water partition coefficient (Wildman–Crippen LogP) is 2.28. The van der Waals surface area contributed by atoms with Crippen molar-refractivity contribution in [3.8, 4) is 0 Å². The molecule has 5 nitrogen and oxygen atoms in total. The maximum absolute atomic E-state index is 5.79. The summed E-state index contributed by atoms with van der Waals surface area (Å²) in [4.78, 5) is 12.7. The van der Waals surface area contributed by atoms with Crippen LogP contribution in [0.15, 0.2) is 35.4 Å². The van der Waals surface area contributed by atoms with Crippen molar-refractivity contribution in [2.24, 2.45) is 0 Å². The fraction of sp³-hybridized carbons (Fsp3) is 0.0833. The summed E-state index contributed by atoms with van der Waals surface area (Å²) >= 11 is 1.58. The quantitative estimate of drug-likeness (QED) is 0.704. The van der Waals surface area contributed by atoms with Crippen LogP contribution in [0.25, 0.3) is 10.9 Å². The topological polar surface area (TPSA) is 76.7 Å². The van der Waals surface area contributed by atoms with Crippen molar-refractivity contribution in [2.75, 3.05) is 11.1 Å². The number of anilines is 2. The Balaban J connectivity index is 1.93. The molecular weight excluding hydrogens is 246 g/mol. The molecule has 0 bridgehead atoms. The largest absolute Gasteiger partial charge is 0.399 e. The van der Waals surface area contributed by atoms with Crippen molar-refractivity contribution >= 4 is 33.7 Å². The molecule has 6 heteroatoms. The number of hydrogen-bond acceptors (Lipinski definition) is 6. The van der Waals surface area contributed by atoms with Gasteiger partial charge in [0.25, 0.3) is 0 Å². The molecule has 0 spiro atoms. The van der Waals surface area contributed by atoms with Gasteiger partial charge in [0.05, 0.1) is 23.3 Å². The molecule has 18 heavy (non-hydrogen) atoms. The van der Waals surface area contributed by atoms with E-state index in [0.29, 0.717) is 12.2 Å². The number of rotatable bonds is 3. The highest BCUT2D eigenvalue weighted by Gasteiger charge is 2.04. The van der Waals surface area contributed by atoms with Crippen molar-refractivity contribution in [2.45, 2.75) is 6.54 Å². The third-order valence-corrected chi connectivity index (χ3v) is 3.22. The van der Waals surface area contributed by atoms with Gasteiger partial charge < -0.3 is 11.1 Å². The van der Waals surface area contributed by atoms with Gasteiger partial charge in [-0.3, -0.25) is 0 Å². The van der Waals surface area contributed by atoms with Crippen molar-refractivity contribution in [3.05, 3.63) is 41.1 Å². The monoisotopic (exact) mass is 257 g/mol. The van der Waals surface area contributed by atoms with Crippen molar-refractivity contribution in [3.63, 3.8) is 0 Å². The van der Waals surface area contributed by atoms with Crippen LogP contribution in [0.4, 0.5) is 11.5 Å². The van der Waals surface area contributed by atoms with E-state index in [1.54, 1.807) is 17.7 Å². The summed E-state index contributed by atoms with van der Waals surface area (Å²) in [5.74, 6) is 0.778. The molecule has 0 aliphatic carbocycles. The SMILES string of the molecule is Nc1ccc2ncnc(NCc3cscn3)c2c1. The Morgan fingerprint density at radius 3 is 3.00 bits per heavy atom. The normalized spacial score (nSPS) is 10.7. The maximum Gasteiger partial charge on any atom is 0.137 e. The summed E-state index contributed by atoms with van der Waals surface area (Å²) in [6.45, 7) is 0.643. The van der Waals surface area contributed by atoms with Crippen LogP contribution in [0.1, 0.15) is 5.69 Å². The second kappa shape index (κ2) is 4.58. The van der Waals surface area contributed by atoms with Crippen LogP contribution >= 0.6 is 11.3 Å². The summed E-state index contributed by atoms with van der Waals surface area (Å²) in [7, 11) is 0. The number of nitrogens with two attached hydrogens (primary N) is 1. The van der Waals surface area contributed by atoms with E-state index in [1.807, 2.05) is 29.1 Å². The molecule has 0 atom stereocenters. The van der Waals surface area contributed by atoms with Crippen molar-refractivity contribution in [1.29, 1.82) is 0 Å². The lowest BCUT2D eigenvalue weighted by atomic mass is 10.2. The zero-order chi connectivity index (χ0) is 12.4. The van der Waals surface area contributed by atoms with E-state index in [9.17, 15) is 0 Å². The minimum Gasteiger partial charge on any atom is -0.399 e. The molecule has 0 aliphatic rings. The van der Waals surface area contributed by atoms with Crippen LogP contribution in [0, 0.1) is 0 Å². The minimum absolute atomic E-state index is 0.643. The van der Waals surface area contributed by atoms with E-state index in [1.165, 1.54) is 0 Å². The standard InChI is InChI=1S/C12H11N5S/c13-8-1-2-11-10(3-8)12(16-6-15-11)14-4-9-5-18-7-17-9/h1-3,5-7H,4,13H2,(H,14,15,16). The predicted molar refractivity (Wildman–Crippen MR) is 73.4 cm³/mol. The third kappa shape index (κ3) is 2.10. The first kappa shape index (κ1) is 10.9. The molecule has 3 aromatic rings. The van der Waals surface area contributed by atoms with E-state index < -0.39 is 0 Å². The first-order valence-electron chi connectivity index (χ1n) is 5.44. The molecular formula is C12H11N5S. The molecule has 0 radical (unpaired) electrons. The summed E-state index contributed by atoms with van der Waals surface area (Å²) in [6, 6.07) is 5.60. The van der Waals surface area contributed by atoms with E-state index in [4.69, 9.17) is 5.73 Å². The van der Waals surface area contributed by atoms with Gasteiger partial charge in [-0.1, -0.05) is 0 Å². The number of nitrogen functional groups attached to an aromatic ring is 1. The average molecular weight is 257 g/mol. The number of thiazole rings is 1. The van der Waals surface area contributed by atoms with Crippen molar-refractivity contribution in [1.82, 2.24) is 15.0 Å². The Kier molecular flexibility index (Phi) is 2.77. The van der Waals surface area contributed by atoms with Gasteiger partial charge in [-0.15, -0.1) is 11.3 Å². The maximum atomic E-state index is 5.79.